The molecule has 0 bridgehead atoms. The summed E-state index contributed by atoms with van der Waals surface area (Å²) in [4.78, 5) is 41.5. The Morgan fingerprint density at radius 3 is 2.18 bits per heavy atom. The number of carbonyl (C=O) groups excluding carboxylic acids is 1. The maximum atomic E-state index is 14.3. The van der Waals surface area contributed by atoms with Crippen molar-refractivity contribution in [3.8, 4) is 5.69 Å². The number of aromatic nitrogens is 1. The summed E-state index contributed by atoms with van der Waals surface area (Å²) in [5.41, 5.74) is 2.65. The third kappa shape index (κ3) is 7.02. The lowest BCUT2D eigenvalue weighted by molar-refractivity contribution is 0.0696. The number of carbonyl (C=O) groups is 2. The van der Waals surface area contributed by atoms with Crippen molar-refractivity contribution in [2.24, 2.45) is 5.10 Å². The van der Waals surface area contributed by atoms with E-state index in [9.17, 15) is 27.9 Å². The van der Waals surface area contributed by atoms with E-state index < -0.39 is 27.5 Å². The van der Waals surface area contributed by atoms with E-state index >= 15 is 0 Å². The summed E-state index contributed by atoms with van der Waals surface area (Å²) in [5, 5.41) is 15.6. The molecule has 0 unspecified atom stereocenters. The number of sulfonamides is 1. The summed E-state index contributed by atoms with van der Waals surface area (Å²) in [6.07, 6.45) is 5.16. The number of halogens is 2. The van der Waals surface area contributed by atoms with Crippen LogP contribution in [0.5, 0.6) is 0 Å². The first kappa shape index (κ1) is 35.1. The number of rotatable bonds is 9. The van der Waals surface area contributed by atoms with E-state index in [1.54, 1.807) is 19.1 Å². The number of carboxylic acids is 1. The molecule has 0 saturated heterocycles. The molecule has 11 nitrogen and oxygen atoms in total. The van der Waals surface area contributed by atoms with Gasteiger partial charge in [0.15, 0.2) is 5.49 Å². The predicted octanol–water partition coefficient (Wildman–Crippen LogP) is 5.71. The average molecular weight is 743 g/mol. The highest BCUT2D eigenvalue weighted by atomic mass is 35.5. The number of anilines is 3. The van der Waals surface area contributed by atoms with Crippen LogP contribution in [0.2, 0.25) is 10.0 Å². The van der Waals surface area contributed by atoms with E-state index in [2.05, 4.69) is 9.82 Å². The number of hydrogen-bond acceptors (Lipinski definition) is 7. The monoisotopic (exact) mass is 741 g/mol. The van der Waals surface area contributed by atoms with Crippen molar-refractivity contribution in [1.82, 2.24) is 4.57 Å². The minimum absolute atomic E-state index is 0.0261. The van der Waals surface area contributed by atoms with Crippen LogP contribution in [-0.2, 0) is 10.0 Å². The third-order valence-electron chi connectivity index (χ3n) is 8.15. The molecule has 1 amide bonds. The van der Waals surface area contributed by atoms with Crippen molar-refractivity contribution in [1.29, 1.82) is 0 Å². The largest absolute Gasteiger partial charge is 0.478 e. The Balaban J connectivity index is 1.47. The molecule has 0 fully saturated rings. The molecular formula is C37H29Cl2N5O6S. The van der Waals surface area contributed by atoms with Crippen LogP contribution in [0.25, 0.3) is 17.8 Å². The van der Waals surface area contributed by atoms with Crippen molar-refractivity contribution < 1.29 is 23.1 Å². The van der Waals surface area contributed by atoms with E-state index in [4.69, 9.17) is 23.2 Å². The normalized spacial score (nSPS) is 13.0. The number of aromatic carboxylic acids is 1. The zero-order valence-corrected chi connectivity index (χ0v) is 29.7. The molecule has 2 N–H and O–H groups in total. The number of pyridine rings is 1. The molecule has 4 aromatic carbocycles. The Labute approximate surface area is 302 Å². The van der Waals surface area contributed by atoms with Crippen LogP contribution in [0.15, 0.2) is 112 Å². The molecule has 6 rings (SSSR count). The van der Waals surface area contributed by atoms with Crippen LogP contribution in [0.1, 0.15) is 31.8 Å². The minimum atomic E-state index is -4.12. The number of nitrogens with zero attached hydrogens (tertiary/aromatic N) is 4. The molecule has 14 heteroatoms. The van der Waals surface area contributed by atoms with Gasteiger partial charge < -0.3 is 10.0 Å². The van der Waals surface area contributed by atoms with Gasteiger partial charge in [-0.3, -0.25) is 18.9 Å². The van der Waals surface area contributed by atoms with E-state index in [1.165, 1.54) is 71.3 Å². The van der Waals surface area contributed by atoms with Gasteiger partial charge in [0.2, 0.25) is 0 Å². The van der Waals surface area contributed by atoms with Gasteiger partial charge in [-0.1, -0.05) is 47.5 Å². The highest BCUT2D eigenvalue weighted by molar-refractivity contribution is 7.92. The molecule has 258 valence electrons. The average Bonchev–Trinajstić information content (AvgIpc) is 3.44. The standard InChI is InChI=1S/C37H29Cl2N5O6S/c1-22-30(6-4-5-23-7-12-26(13-8-23)42(2)3)35(45)43(34-33(22)36(46)44(40-34)28-14-9-24(10-15-28)37(47)48)27-16-18-29(19-17-27)51(49,50)41-32-21-25(38)11-20-31(32)39/h4-21,41H,1-3H3,(H,47,48)/b5-4?,30-6-. The summed E-state index contributed by atoms with van der Waals surface area (Å²) in [6.45, 7) is 1.66. The molecule has 0 radical (unpaired) electrons. The van der Waals surface area contributed by atoms with Crippen LogP contribution in [-0.4, -0.2) is 44.1 Å². The second kappa shape index (κ2) is 13.9. The van der Waals surface area contributed by atoms with Crippen LogP contribution in [0.3, 0.4) is 0 Å². The Morgan fingerprint density at radius 1 is 0.902 bits per heavy atom. The zero-order valence-electron chi connectivity index (χ0n) is 27.3. The molecule has 0 aliphatic carbocycles. The number of benzene rings is 4. The maximum absolute atomic E-state index is 14.3. The molecule has 2 heterocycles. The highest BCUT2D eigenvalue weighted by Gasteiger charge is 2.31. The molecule has 0 spiro atoms. The summed E-state index contributed by atoms with van der Waals surface area (Å²) in [6, 6.07) is 23.3. The number of nitrogens with one attached hydrogen (secondary N) is 1. The van der Waals surface area contributed by atoms with Crippen molar-refractivity contribution in [2.75, 3.05) is 28.7 Å². The Kier molecular flexibility index (Phi) is 9.58. The van der Waals surface area contributed by atoms with Crippen LogP contribution >= 0.6 is 23.2 Å². The second-order valence-corrected chi connectivity index (χ2v) is 14.2. The van der Waals surface area contributed by atoms with E-state index in [1.807, 2.05) is 49.3 Å². The number of fused-ring (bicyclic) bond motifs is 1. The summed E-state index contributed by atoms with van der Waals surface area (Å²) in [7, 11) is -0.233. The number of carboxylic acid groups (broad SMARTS) is 1. The van der Waals surface area contributed by atoms with E-state index in [0.29, 0.717) is 11.3 Å². The molecule has 0 atom stereocenters. The van der Waals surface area contributed by atoms with Gasteiger partial charge in [0.25, 0.3) is 21.5 Å². The quantitative estimate of drug-likeness (QED) is 0.197. The predicted molar refractivity (Wildman–Crippen MR) is 199 cm³/mol. The lowest BCUT2D eigenvalue weighted by atomic mass is 10.1. The minimum Gasteiger partial charge on any atom is -0.478 e. The van der Waals surface area contributed by atoms with Gasteiger partial charge in [-0.05, 0) is 103 Å². The second-order valence-electron chi connectivity index (χ2n) is 11.7. The smallest absolute Gasteiger partial charge is 0.335 e. The van der Waals surface area contributed by atoms with Crippen LogP contribution in [0.4, 0.5) is 17.1 Å². The van der Waals surface area contributed by atoms with Gasteiger partial charge in [0.05, 0.1) is 38.1 Å². The molecule has 1 aliphatic heterocycles. The molecule has 51 heavy (non-hydrogen) atoms. The fourth-order valence-electron chi connectivity index (χ4n) is 5.44. The topological polar surface area (TPSA) is 141 Å². The lowest BCUT2D eigenvalue weighted by Crippen LogP contribution is -2.45. The Bertz CT molecular complexity index is 2530. The zero-order chi connectivity index (χ0) is 36.6. The molecule has 0 saturated carbocycles. The fraction of sp³-hybridized carbons (Fsp3) is 0.0811. The third-order valence-corrected chi connectivity index (χ3v) is 10.1. The van der Waals surface area contributed by atoms with Crippen molar-refractivity contribution in [3.63, 3.8) is 0 Å². The summed E-state index contributed by atoms with van der Waals surface area (Å²) < 4.78 is 30.2. The number of allylic oxidation sites excluding steroid dienone is 1. The maximum Gasteiger partial charge on any atom is 0.335 e. The first-order chi connectivity index (χ1) is 24.2. The number of hydrogen-bond donors (Lipinski definition) is 2. The van der Waals surface area contributed by atoms with Gasteiger partial charge in [-0.15, -0.1) is 5.10 Å². The Hall–Kier alpha value is -5.69. The van der Waals surface area contributed by atoms with Crippen LogP contribution < -0.4 is 30.9 Å². The fourth-order valence-corrected chi connectivity index (χ4v) is 6.90. The van der Waals surface area contributed by atoms with Gasteiger partial charge in [0.1, 0.15) is 0 Å². The number of amides is 1. The van der Waals surface area contributed by atoms with E-state index in [-0.39, 0.29) is 48.1 Å². The van der Waals surface area contributed by atoms with Gasteiger partial charge in [-0.2, -0.15) is 5.01 Å². The highest BCUT2D eigenvalue weighted by Crippen LogP contribution is 2.28. The lowest BCUT2D eigenvalue weighted by Gasteiger charge is -2.12. The van der Waals surface area contributed by atoms with Crippen molar-refractivity contribution in [2.45, 2.75) is 11.8 Å². The SMILES string of the molecule is Cc1c2c(n(-c3ccc(S(=O)(=O)Nc4cc(Cl)ccc4Cl)cc3)c(=O)/c1=C\C=Cc1ccc(N(C)C)cc1)=NN(c1ccc(C(=O)O)cc1)C2=O. The molecule has 1 aliphatic rings. The van der Waals surface area contributed by atoms with Gasteiger partial charge in [0, 0.05) is 30.0 Å². The molecular weight excluding hydrogens is 713 g/mol. The van der Waals surface area contributed by atoms with Crippen molar-refractivity contribution in [3.05, 3.63) is 150 Å². The van der Waals surface area contributed by atoms with Gasteiger partial charge >= 0.3 is 5.97 Å². The first-order valence-corrected chi connectivity index (χ1v) is 17.6. The van der Waals surface area contributed by atoms with E-state index in [0.717, 1.165) is 16.3 Å². The van der Waals surface area contributed by atoms with Crippen molar-refractivity contribution >= 4 is 74.3 Å². The summed E-state index contributed by atoms with van der Waals surface area (Å²) >= 11 is 12.2. The molecule has 5 aromatic rings. The summed E-state index contributed by atoms with van der Waals surface area (Å²) in [5.74, 6) is -1.66. The van der Waals surface area contributed by atoms with Gasteiger partial charge in [-0.25, -0.2) is 13.2 Å². The Morgan fingerprint density at radius 2 is 1.55 bits per heavy atom. The van der Waals surface area contributed by atoms with Crippen LogP contribution in [0, 0.1) is 6.92 Å². The first-order valence-electron chi connectivity index (χ1n) is 15.3. The molecule has 1 aromatic heterocycles.